The van der Waals surface area contributed by atoms with Crippen LogP contribution in [0.4, 0.5) is 13.2 Å². The smallest absolute Gasteiger partial charge is 0.336 e. The van der Waals surface area contributed by atoms with E-state index in [-0.39, 0.29) is 5.91 Å². The molecular weight excluding hydrogens is 369 g/mol. The summed E-state index contributed by atoms with van der Waals surface area (Å²) in [6, 6.07) is 6.73. The van der Waals surface area contributed by atoms with E-state index in [2.05, 4.69) is 10.00 Å². The van der Waals surface area contributed by atoms with Crippen LogP contribution in [0.25, 0.3) is 5.69 Å². The maximum atomic E-state index is 13.4. The van der Waals surface area contributed by atoms with Crippen molar-refractivity contribution in [3.8, 4) is 5.69 Å². The van der Waals surface area contributed by atoms with E-state index in [1.807, 2.05) is 11.9 Å². The van der Waals surface area contributed by atoms with Gasteiger partial charge in [-0.15, -0.1) is 0 Å². The van der Waals surface area contributed by atoms with Crippen LogP contribution in [0.5, 0.6) is 0 Å². The lowest BCUT2D eigenvalue weighted by molar-refractivity contribution is -0.142. The zero-order chi connectivity index (χ0) is 19.9. The number of hydrogen-bond donors (Lipinski definition) is 0. The Balaban J connectivity index is 1.61. The van der Waals surface area contributed by atoms with E-state index in [9.17, 15) is 18.0 Å². The normalized spacial score (nSPS) is 18.2. The fraction of sp³-hybridized carbons (Fsp3) is 0.500. The topological polar surface area (TPSA) is 41.4 Å². The van der Waals surface area contributed by atoms with Crippen LogP contribution in [0.2, 0.25) is 0 Å². The molecule has 2 aliphatic rings. The Bertz CT molecular complexity index is 865. The highest BCUT2D eigenvalue weighted by atomic mass is 19.4. The van der Waals surface area contributed by atoms with Crippen LogP contribution in [0, 0.1) is 0 Å². The van der Waals surface area contributed by atoms with E-state index < -0.39 is 11.9 Å². The first-order valence-corrected chi connectivity index (χ1v) is 9.61. The summed E-state index contributed by atoms with van der Waals surface area (Å²) < 4.78 is 41.5. The molecule has 1 fully saturated rings. The fourth-order valence-electron chi connectivity index (χ4n) is 3.98. The molecule has 28 heavy (non-hydrogen) atoms. The third kappa shape index (κ3) is 3.53. The molecule has 150 valence electrons. The average molecular weight is 392 g/mol. The Morgan fingerprint density at radius 2 is 1.64 bits per heavy atom. The van der Waals surface area contributed by atoms with Gasteiger partial charge in [0, 0.05) is 43.0 Å². The lowest BCUT2D eigenvalue weighted by atomic mass is 9.95. The number of hydrogen-bond acceptors (Lipinski definition) is 3. The summed E-state index contributed by atoms with van der Waals surface area (Å²) in [4.78, 5) is 16.6. The van der Waals surface area contributed by atoms with Gasteiger partial charge >= 0.3 is 6.18 Å². The molecule has 2 aromatic rings. The maximum Gasteiger partial charge on any atom is 0.435 e. The first kappa shape index (κ1) is 19.0. The SMILES string of the molecule is CN1CCN(C(=O)c2ccc(-n3nc(C(F)(F)F)c4c3CCCC4)cc2)CC1. The van der Waals surface area contributed by atoms with Crippen LogP contribution in [0.15, 0.2) is 24.3 Å². The Morgan fingerprint density at radius 1 is 1.00 bits per heavy atom. The number of carbonyl (C=O) groups is 1. The molecule has 4 rings (SSSR count). The molecule has 0 atom stereocenters. The van der Waals surface area contributed by atoms with Gasteiger partial charge in [0.1, 0.15) is 0 Å². The van der Waals surface area contributed by atoms with Crippen LogP contribution < -0.4 is 0 Å². The van der Waals surface area contributed by atoms with Crippen molar-refractivity contribution < 1.29 is 18.0 Å². The predicted molar refractivity (Wildman–Crippen MR) is 98.6 cm³/mol. The molecule has 1 amide bonds. The first-order valence-electron chi connectivity index (χ1n) is 9.61. The van der Waals surface area contributed by atoms with Gasteiger partial charge in [0.15, 0.2) is 5.69 Å². The summed E-state index contributed by atoms with van der Waals surface area (Å²) in [5.41, 5.74) is 1.28. The number of alkyl halides is 3. The number of halogens is 3. The molecule has 0 bridgehead atoms. The Hall–Kier alpha value is -2.35. The number of aromatic nitrogens is 2. The van der Waals surface area contributed by atoms with E-state index in [0.717, 1.165) is 25.9 Å². The second kappa shape index (κ2) is 7.24. The van der Waals surface area contributed by atoms with Gasteiger partial charge in [0.25, 0.3) is 5.91 Å². The van der Waals surface area contributed by atoms with Gasteiger partial charge < -0.3 is 9.80 Å². The number of piperazine rings is 1. The summed E-state index contributed by atoms with van der Waals surface area (Å²) in [6.45, 7) is 3.03. The molecule has 1 aliphatic carbocycles. The van der Waals surface area contributed by atoms with Crippen molar-refractivity contribution in [1.29, 1.82) is 0 Å². The average Bonchev–Trinajstić information content (AvgIpc) is 3.08. The largest absolute Gasteiger partial charge is 0.435 e. The van der Waals surface area contributed by atoms with Gasteiger partial charge in [-0.05, 0) is 57.0 Å². The predicted octanol–water partition coefficient (Wildman–Crippen LogP) is 3.16. The highest BCUT2D eigenvalue weighted by Gasteiger charge is 2.39. The Morgan fingerprint density at radius 3 is 2.29 bits per heavy atom. The summed E-state index contributed by atoms with van der Waals surface area (Å²) >= 11 is 0. The maximum absolute atomic E-state index is 13.4. The number of likely N-dealkylation sites (N-methyl/N-ethyl adjacent to an activating group) is 1. The molecule has 0 N–H and O–H groups in total. The van der Waals surface area contributed by atoms with Gasteiger partial charge in [-0.25, -0.2) is 4.68 Å². The molecule has 1 saturated heterocycles. The summed E-state index contributed by atoms with van der Waals surface area (Å²) in [6.07, 6.45) is -1.86. The number of amides is 1. The van der Waals surface area contributed by atoms with Crippen molar-refractivity contribution in [1.82, 2.24) is 19.6 Å². The van der Waals surface area contributed by atoms with Crippen molar-refractivity contribution in [2.75, 3.05) is 33.2 Å². The summed E-state index contributed by atoms with van der Waals surface area (Å²) in [5, 5.41) is 3.90. The van der Waals surface area contributed by atoms with Crippen LogP contribution >= 0.6 is 0 Å². The number of nitrogens with zero attached hydrogens (tertiary/aromatic N) is 4. The zero-order valence-corrected chi connectivity index (χ0v) is 15.8. The number of fused-ring (bicyclic) bond motifs is 1. The third-order valence-corrected chi connectivity index (χ3v) is 5.60. The molecule has 2 heterocycles. The summed E-state index contributed by atoms with van der Waals surface area (Å²) in [5.74, 6) is -0.0434. The minimum atomic E-state index is -4.45. The molecule has 0 saturated carbocycles. The molecule has 1 aromatic heterocycles. The molecule has 0 radical (unpaired) electrons. The van der Waals surface area contributed by atoms with E-state index in [1.165, 1.54) is 4.68 Å². The minimum Gasteiger partial charge on any atom is -0.336 e. The van der Waals surface area contributed by atoms with Crippen molar-refractivity contribution in [3.63, 3.8) is 0 Å². The van der Waals surface area contributed by atoms with Crippen molar-refractivity contribution >= 4 is 5.91 Å². The van der Waals surface area contributed by atoms with Gasteiger partial charge in [0.2, 0.25) is 0 Å². The lowest BCUT2D eigenvalue weighted by Gasteiger charge is -2.32. The van der Waals surface area contributed by atoms with Crippen molar-refractivity contribution in [3.05, 3.63) is 46.8 Å². The monoisotopic (exact) mass is 392 g/mol. The highest BCUT2D eigenvalue weighted by molar-refractivity contribution is 5.94. The second-order valence-electron chi connectivity index (χ2n) is 7.53. The molecule has 5 nitrogen and oxygen atoms in total. The van der Waals surface area contributed by atoms with Crippen LogP contribution in [0.1, 0.15) is 40.2 Å². The molecule has 0 spiro atoms. The van der Waals surface area contributed by atoms with E-state index in [4.69, 9.17) is 0 Å². The van der Waals surface area contributed by atoms with Gasteiger partial charge in [-0.3, -0.25) is 4.79 Å². The van der Waals surface area contributed by atoms with Crippen molar-refractivity contribution in [2.45, 2.75) is 31.9 Å². The molecular formula is C20H23F3N4O. The van der Waals surface area contributed by atoms with Crippen LogP contribution in [0.3, 0.4) is 0 Å². The van der Waals surface area contributed by atoms with E-state index in [1.54, 1.807) is 24.3 Å². The summed E-state index contributed by atoms with van der Waals surface area (Å²) in [7, 11) is 2.02. The molecule has 1 aliphatic heterocycles. The lowest BCUT2D eigenvalue weighted by Crippen LogP contribution is -2.47. The number of carbonyl (C=O) groups excluding carboxylic acids is 1. The number of benzene rings is 1. The molecule has 8 heteroatoms. The third-order valence-electron chi connectivity index (χ3n) is 5.60. The highest BCUT2D eigenvalue weighted by Crippen LogP contribution is 2.36. The van der Waals surface area contributed by atoms with Gasteiger partial charge in [-0.2, -0.15) is 18.3 Å². The van der Waals surface area contributed by atoms with Gasteiger partial charge in [-0.1, -0.05) is 0 Å². The standard InChI is InChI=1S/C20H23F3N4O/c1-25-10-12-26(13-11-25)19(28)14-6-8-15(9-7-14)27-17-5-3-2-4-16(17)18(24-27)20(21,22)23/h6-9H,2-5,10-13H2,1H3. The first-order chi connectivity index (χ1) is 13.3. The molecule has 0 unspecified atom stereocenters. The Kier molecular flexibility index (Phi) is 4.91. The van der Waals surface area contributed by atoms with Crippen LogP contribution in [-0.4, -0.2) is 58.7 Å². The fourth-order valence-corrected chi connectivity index (χ4v) is 3.98. The number of rotatable bonds is 2. The van der Waals surface area contributed by atoms with Gasteiger partial charge in [0.05, 0.1) is 5.69 Å². The van der Waals surface area contributed by atoms with E-state index >= 15 is 0 Å². The van der Waals surface area contributed by atoms with E-state index in [0.29, 0.717) is 48.4 Å². The van der Waals surface area contributed by atoms with Crippen molar-refractivity contribution in [2.24, 2.45) is 0 Å². The minimum absolute atomic E-state index is 0.0434. The van der Waals surface area contributed by atoms with Crippen LogP contribution in [-0.2, 0) is 19.0 Å². The Labute approximate surface area is 161 Å². The molecule has 1 aromatic carbocycles. The zero-order valence-electron chi connectivity index (χ0n) is 15.8. The second-order valence-corrected chi connectivity index (χ2v) is 7.53. The quantitative estimate of drug-likeness (QED) is 0.789.